The molecule has 1 aromatic carbocycles. The van der Waals surface area contributed by atoms with Crippen molar-refractivity contribution in [2.75, 3.05) is 13.1 Å². The van der Waals surface area contributed by atoms with Gasteiger partial charge in [-0.05, 0) is 25.8 Å². The van der Waals surface area contributed by atoms with Crippen LogP contribution in [-0.2, 0) is 6.54 Å². The van der Waals surface area contributed by atoms with E-state index >= 15 is 0 Å². The van der Waals surface area contributed by atoms with Gasteiger partial charge in [-0.1, -0.05) is 44.2 Å². The lowest BCUT2D eigenvalue weighted by molar-refractivity contribution is -0.901. The van der Waals surface area contributed by atoms with Crippen LogP contribution in [0.25, 0.3) is 11.0 Å². The fourth-order valence-corrected chi connectivity index (χ4v) is 4.26. The third-order valence-corrected chi connectivity index (χ3v) is 5.93. The van der Waals surface area contributed by atoms with E-state index in [0.29, 0.717) is 5.56 Å². The lowest BCUT2D eigenvalue weighted by Gasteiger charge is -2.15. The monoisotopic (exact) mass is 406 g/mol. The van der Waals surface area contributed by atoms with Gasteiger partial charge >= 0.3 is 0 Å². The van der Waals surface area contributed by atoms with Gasteiger partial charge in [-0.2, -0.15) is 5.10 Å². The SMILES string of the molecule is CC(C)c1cc(C(=O)N[C@H]2CC[NH+](Cc3ccccc3)C2)c2cnn(C(C)C)c2n1. The Balaban J connectivity index is 1.52. The molecule has 6 nitrogen and oxygen atoms in total. The van der Waals surface area contributed by atoms with Crippen molar-refractivity contribution in [2.45, 2.75) is 58.7 Å². The van der Waals surface area contributed by atoms with Crippen LogP contribution in [0, 0.1) is 0 Å². The maximum atomic E-state index is 13.2. The Morgan fingerprint density at radius 2 is 2.00 bits per heavy atom. The van der Waals surface area contributed by atoms with Crippen LogP contribution in [0.15, 0.2) is 42.6 Å². The van der Waals surface area contributed by atoms with Gasteiger partial charge in [-0.15, -0.1) is 0 Å². The largest absolute Gasteiger partial charge is 0.343 e. The number of fused-ring (bicyclic) bond motifs is 1. The first kappa shape index (κ1) is 20.5. The van der Waals surface area contributed by atoms with Crippen molar-refractivity contribution in [1.29, 1.82) is 0 Å². The summed E-state index contributed by atoms with van der Waals surface area (Å²) in [4.78, 5) is 19.6. The van der Waals surface area contributed by atoms with Crippen LogP contribution in [-0.4, -0.2) is 39.8 Å². The molecule has 6 heteroatoms. The number of rotatable bonds is 6. The van der Waals surface area contributed by atoms with Crippen LogP contribution < -0.4 is 10.2 Å². The molecule has 2 aromatic heterocycles. The van der Waals surface area contributed by atoms with E-state index < -0.39 is 0 Å². The van der Waals surface area contributed by atoms with Gasteiger partial charge in [0, 0.05) is 23.7 Å². The lowest BCUT2D eigenvalue weighted by Crippen LogP contribution is -3.09. The number of amides is 1. The molecule has 4 rings (SSSR count). The van der Waals surface area contributed by atoms with Crippen LogP contribution in [0.5, 0.6) is 0 Å². The number of hydrogen-bond donors (Lipinski definition) is 2. The summed E-state index contributed by atoms with van der Waals surface area (Å²) in [6, 6.07) is 12.9. The highest BCUT2D eigenvalue weighted by Gasteiger charge is 2.29. The maximum absolute atomic E-state index is 13.2. The number of nitrogens with zero attached hydrogens (tertiary/aromatic N) is 3. The Labute approximate surface area is 178 Å². The molecule has 2 N–H and O–H groups in total. The van der Waals surface area contributed by atoms with Gasteiger partial charge in [0.2, 0.25) is 0 Å². The second-order valence-corrected chi connectivity index (χ2v) is 9.00. The van der Waals surface area contributed by atoms with E-state index in [1.807, 2.05) is 16.8 Å². The summed E-state index contributed by atoms with van der Waals surface area (Å²) in [5, 5.41) is 8.61. The van der Waals surface area contributed by atoms with E-state index in [9.17, 15) is 4.79 Å². The number of carbonyl (C=O) groups is 1. The van der Waals surface area contributed by atoms with Crippen molar-refractivity contribution < 1.29 is 9.69 Å². The number of quaternary nitrogens is 1. The number of nitrogens with one attached hydrogen (secondary N) is 2. The minimum Gasteiger partial charge on any atom is -0.343 e. The highest BCUT2D eigenvalue weighted by Crippen LogP contribution is 2.24. The molecular formula is C24H32N5O+. The summed E-state index contributed by atoms with van der Waals surface area (Å²) in [5.74, 6) is 0.229. The smallest absolute Gasteiger partial charge is 0.252 e. The van der Waals surface area contributed by atoms with E-state index in [1.165, 1.54) is 10.5 Å². The van der Waals surface area contributed by atoms with E-state index in [1.54, 1.807) is 6.20 Å². The molecule has 1 amide bonds. The van der Waals surface area contributed by atoms with Crippen molar-refractivity contribution >= 4 is 16.9 Å². The van der Waals surface area contributed by atoms with E-state index in [0.717, 1.165) is 42.8 Å². The summed E-state index contributed by atoms with van der Waals surface area (Å²) in [6.45, 7) is 11.4. The van der Waals surface area contributed by atoms with Gasteiger partial charge < -0.3 is 10.2 Å². The average molecular weight is 407 g/mol. The molecule has 1 unspecified atom stereocenters. The fourth-order valence-electron chi connectivity index (χ4n) is 4.26. The van der Waals surface area contributed by atoms with Crippen molar-refractivity contribution in [2.24, 2.45) is 0 Å². The standard InChI is InChI=1S/C24H31N5O/c1-16(2)22-12-20(21-13-25-29(17(3)4)23(21)27-22)24(30)26-19-10-11-28(15-19)14-18-8-6-5-7-9-18/h5-9,12-13,16-17,19H,10-11,14-15H2,1-4H3,(H,26,30)/p+1/t19-/m0/s1. The number of likely N-dealkylation sites (tertiary alicyclic amines) is 1. The maximum Gasteiger partial charge on any atom is 0.252 e. The number of pyridine rings is 1. The first-order valence-electron chi connectivity index (χ1n) is 11.0. The zero-order valence-corrected chi connectivity index (χ0v) is 18.4. The summed E-state index contributed by atoms with van der Waals surface area (Å²) >= 11 is 0. The van der Waals surface area contributed by atoms with Crippen molar-refractivity contribution in [3.63, 3.8) is 0 Å². The topological polar surface area (TPSA) is 64.2 Å². The molecule has 0 radical (unpaired) electrons. The van der Waals surface area contributed by atoms with E-state index in [2.05, 4.69) is 62.4 Å². The molecule has 1 saturated heterocycles. The lowest BCUT2D eigenvalue weighted by atomic mass is 10.0. The first-order chi connectivity index (χ1) is 14.4. The summed E-state index contributed by atoms with van der Waals surface area (Å²) < 4.78 is 1.90. The molecule has 0 bridgehead atoms. The minimum atomic E-state index is -0.0152. The van der Waals surface area contributed by atoms with Gasteiger partial charge in [-0.25, -0.2) is 9.67 Å². The molecule has 158 valence electrons. The Morgan fingerprint density at radius 1 is 1.23 bits per heavy atom. The van der Waals surface area contributed by atoms with Gasteiger partial charge in [0.25, 0.3) is 5.91 Å². The molecule has 1 aliphatic rings. The molecule has 1 aliphatic heterocycles. The Kier molecular flexibility index (Phi) is 5.86. The fraction of sp³-hybridized carbons (Fsp3) is 0.458. The summed E-state index contributed by atoms with van der Waals surface area (Å²) in [7, 11) is 0. The normalized spacial score (nSPS) is 19.1. The van der Waals surface area contributed by atoms with Crippen LogP contribution in [0.2, 0.25) is 0 Å². The molecular weight excluding hydrogens is 374 g/mol. The highest BCUT2D eigenvalue weighted by atomic mass is 16.1. The van der Waals surface area contributed by atoms with Gasteiger partial charge in [-0.3, -0.25) is 4.79 Å². The molecule has 0 aliphatic carbocycles. The average Bonchev–Trinajstić information content (AvgIpc) is 3.34. The molecule has 0 spiro atoms. The van der Waals surface area contributed by atoms with Crippen molar-refractivity contribution in [3.8, 4) is 0 Å². The quantitative estimate of drug-likeness (QED) is 0.662. The molecule has 3 aromatic rings. The van der Waals surface area contributed by atoms with E-state index in [-0.39, 0.29) is 23.9 Å². The second-order valence-electron chi connectivity index (χ2n) is 9.00. The van der Waals surface area contributed by atoms with Crippen LogP contribution >= 0.6 is 0 Å². The highest BCUT2D eigenvalue weighted by molar-refractivity contribution is 6.05. The van der Waals surface area contributed by atoms with Crippen LogP contribution in [0.3, 0.4) is 0 Å². The molecule has 0 saturated carbocycles. The number of benzene rings is 1. The zero-order valence-electron chi connectivity index (χ0n) is 18.4. The van der Waals surface area contributed by atoms with Crippen LogP contribution in [0.1, 0.15) is 67.7 Å². The third kappa shape index (κ3) is 4.24. The zero-order chi connectivity index (χ0) is 21.3. The van der Waals surface area contributed by atoms with E-state index in [4.69, 9.17) is 4.98 Å². The summed E-state index contributed by atoms with van der Waals surface area (Å²) in [6.07, 6.45) is 2.79. The predicted octanol–water partition coefficient (Wildman–Crippen LogP) is 2.72. The Bertz CT molecular complexity index is 1020. The number of hydrogen-bond acceptors (Lipinski definition) is 3. The van der Waals surface area contributed by atoms with Gasteiger partial charge in [0.15, 0.2) is 5.65 Å². The Hall–Kier alpha value is -2.73. The summed E-state index contributed by atoms with van der Waals surface area (Å²) in [5.41, 5.74) is 3.76. The third-order valence-electron chi connectivity index (χ3n) is 5.93. The first-order valence-corrected chi connectivity index (χ1v) is 11.0. The second kappa shape index (κ2) is 8.56. The van der Waals surface area contributed by atoms with Gasteiger partial charge in [0.05, 0.1) is 36.3 Å². The number of aromatic nitrogens is 3. The predicted molar refractivity (Wildman–Crippen MR) is 119 cm³/mol. The molecule has 30 heavy (non-hydrogen) atoms. The van der Waals surface area contributed by atoms with Gasteiger partial charge in [0.1, 0.15) is 6.54 Å². The minimum absolute atomic E-state index is 0.0152. The number of carbonyl (C=O) groups excluding carboxylic acids is 1. The molecule has 3 heterocycles. The molecule has 1 fully saturated rings. The molecule has 2 atom stereocenters. The van der Waals surface area contributed by atoms with Crippen molar-refractivity contribution in [3.05, 3.63) is 59.4 Å². The van der Waals surface area contributed by atoms with Crippen molar-refractivity contribution in [1.82, 2.24) is 20.1 Å². The Morgan fingerprint density at radius 3 is 2.70 bits per heavy atom. The van der Waals surface area contributed by atoms with Crippen LogP contribution in [0.4, 0.5) is 0 Å².